The predicted octanol–water partition coefficient (Wildman–Crippen LogP) is 2.87. The predicted molar refractivity (Wildman–Crippen MR) is 97.0 cm³/mol. The van der Waals surface area contributed by atoms with Crippen LogP contribution in [0.15, 0.2) is 24.3 Å². The van der Waals surface area contributed by atoms with Crippen LogP contribution in [0.3, 0.4) is 0 Å². The third-order valence-electron chi connectivity index (χ3n) is 5.18. The van der Waals surface area contributed by atoms with Gasteiger partial charge in [-0.1, -0.05) is 32.4 Å². The highest BCUT2D eigenvalue weighted by Gasteiger charge is 2.34. The fourth-order valence-electron chi connectivity index (χ4n) is 3.83. The van der Waals surface area contributed by atoms with Gasteiger partial charge in [-0.25, -0.2) is 4.39 Å². The Labute approximate surface area is 154 Å². The molecule has 6 heteroatoms. The summed E-state index contributed by atoms with van der Waals surface area (Å²) in [5, 5.41) is 3.13. The molecule has 3 rings (SSSR count). The molecule has 0 aromatic heterocycles. The van der Waals surface area contributed by atoms with Crippen molar-refractivity contribution >= 4 is 5.91 Å². The number of ether oxygens (including phenoxy) is 2. The van der Waals surface area contributed by atoms with Crippen molar-refractivity contribution in [2.24, 2.45) is 5.92 Å². The van der Waals surface area contributed by atoms with Crippen molar-refractivity contribution in [3.8, 4) is 0 Å². The van der Waals surface area contributed by atoms with E-state index in [1.54, 1.807) is 12.1 Å². The van der Waals surface area contributed by atoms with Gasteiger partial charge in [0.15, 0.2) is 6.29 Å². The highest BCUT2D eigenvalue weighted by atomic mass is 19.1. The fourth-order valence-corrected chi connectivity index (χ4v) is 3.83. The summed E-state index contributed by atoms with van der Waals surface area (Å²) in [6.45, 7) is 6.57. The van der Waals surface area contributed by atoms with Crippen LogP contribution >= 0.6 is 0 Å². The van der Waals surface area contributed by atoms with Gasteiger partial charge in [-0.3, -0.25) is 9.69 Å². The van der Waals surface area contributed by atoms with Crippen molar-refractivity contribution in [2.75, 3.05) is 26.3 Å². The zero-order chi connectivity index (χ0) is 18.5. The number of carbonyl (C=O) groups is 1. The fraction of sp³-hybridized carbons (Fsp3) is 0.650. The molecule has 2 heterocycles. The summed E-state index contributed by atoms with van der Waals surface area (Å²) in [6.07, 6.45) is 2.99. The van der Waals surface area contributed by atoms with E-state index in [2.05, 4.69) is 24.1 Å². The van der Waals surface area contributed by atoms with Crippen molar-refractivity contribution in [3.63, 3.8) is 0 Å². The van der Waals surface area contributed by atoms with E-state index in [0.717, 1.165) is 31.4 Å². The van der Waals surface area contributed by atoms with Crippen LogP contribution in [-0.2, 0) is 14.3 Å². The van der Waals surface area contributed by atoms with Crippen LogP contribution in [0.2, 0.25) is 0 Å². The number of rotatable bonds is 6. The lowest BCUT2D eigenvalue weighted by atomic mass is 9.96. The third-order valence-corrected chi connectivity index (χ3v) is 5.18. The summed E-state index contributed by atoms with van der Waals surface area (Å²) < 4.78 is 24.5. The number of halogens is 1. The van der Waals surface area contributed by atoms with Crippen LogP contribution in [-0.4, -0.2) is 49.4 Å². The number of piperidine rings is 1. The van der Waals surface area contributed by atoms with Gasteiger partial charge < -0.3 is 14.8 Å². The molecule has 0 radical (unpaired) electrons. The van der Waals surface area contributed by atoms with Gasteiger partial charge in [0.05, 0.1) is 31.8 Å². The Bertz CT molecular complexity index is 587. The lowest BCUT2D eigenvalue weighted by Gasteiger charge is -2.37. The largest absolute Gasteiger partial charge is 0.349 e. The number of nitrogens with one attached hydrogen (secondary N) is 1. The molecule has 0 aliphatic carbocycles. The minimum Gasteiger partial charge on any atom is -0.349 e. The van der Waals surface area contributed by atoms with E-state index in [9.17, 15) is 9.18 Å². The van der Waals surface area contributed by atoms with Crippen LogP contribution in [0.4, 0.5) is 4.39 Å². The monoisotopic (exact) mass is 364 g/mol. The highest BCUT2D eigenvalue weighted by Crippen LogP contribution is 2.25. The normalized spacial score (nSPS) is 23.3. The Morgan fingerprint density at radius 2 is 1.92 bits per heavy atom. The highest BCUT2D eigenvalue weighted by molar-refractivity contribution is 5.78. The van der Waals surface area contributed by atoms with Crippen molar-refractivity contribution in [1.82, 2.24) is 10.2 Å². The van der Waals surface area contributed by atoms with Gasteiger partial charge in [0.25, 0.3) is 0 Å². The average Bonchev–Trinajstić information content (AvgIpc) is 3.15. The Morgan fingerprint density at radius 3 is 2.58 bits per heavy atom. The second-order valence-corrected chi connectivity index (χ2v) is 7.48. The summed E-state index contributed by atoms with van der Waals surface area (Å²) in [5.74, 6) is -0.0729. The SMILES string of the molecule is CC(C)C(NC(=O)CN1CCCCC1C1OCCO1)c1ccc(F)cc1. The lowest BCUT2D eigenvalue weighted by Crippen LogP contribution is -2.51. The maximum absolute atomic E-state index is 13.2. The molecule has 144 valence electrons. The molecule has 0 bridgehead atoms. The van der Waals surface area contributed by atoms with Crippen molar-refractivity contribution in [1.29, 1.82) is 0 Å². The summed E-state index contributed by atoms with van der Waals surface area (Å²) in [5.41, 5.74) is 0.924. The van der Waals surface area contributed by atoms with Gasteiger partial charge in [-0.15, -0.1) is 0 Å². The standard InChI is InChI=1S/C20H29FN2O3/c1-14(2)19(15-6-8-16(21)9-7-15)22-18(24)13-23-10-4-3-5-17(23)20-25-11-12-26-20/h6-9,14,17,19-20H,3-5,10-13H2,1-2H3,(H,22,24). The molecule has 0 spiro atoms. The molecular formula is C20H29FN2O3. The van der Waals surface area contributed by atoms with Crippen LogP contribution in [0.1, 0.15) is 44.7 Å². The first-order chi connectivity index (χ1) is 12.5. The Balaban J connectivity index is 1.62. The van der Waals surface area contributed by atoms with Crippen molar-refractivity contribution < 1.29 is 18.7 Å². The molecule has 0 saturated carbocycles. The van der Waals surface area contributed by atoms with E-state index in [0.29, 0.717) is 19.8 Å². The molecular weight excluding hydrogens is 335 g/mol. The molecule has 2 unspecified atom stereocenters. The molecule has 2 atom stereocenters. The quantitative estimate of drug-likeness (QED) is 0.843. The molecule has 2 fully saturated rings. The Morgan fingerprint density at radius 1 is 1.23 bits per heavy atom. The van der Waals surface area contributed by atoms with E-state index in [-0.39, 0.29) is 36.0 Å². The first kappa shape index (κ1) is 19.3. The van der Waals surface area contributed by atoms with Gasteiger partial charge in [-0.2, -0.15) is 0 Å². The first-order valence-corrected chi connectivity index (χ1v) is 9.56. The van der Waals surface area contributed by atoms with E-state index in [1.807, 2.05) is 0 Å². The molecule has 26 heavy (non-hydrogen) atoms. The lowest BCUT2D eigenvalue weighted by molar-refractivity contribution is -0.132. The van der Waals surface area contributed by atoms with E-state index in [1.165, 1.54) is 12.1 Å². The summed E-state index contributed by atoms with van der Waals surface area (Å²) in [4.78, 5) is 14.9. The Hall–Kier alpha value is -1.50. The summed E-state index contributed by atoms with van der Waals surface area (Å²) in [7, 11) is 0. The number of carbonyl (C=O) groups excluding carboxylic acids is 1. The minimum atomic E-state index is -0.268. The molecule has 1 aromatic carbocycles. The second kappa shape index (κ2) is 8.93. The second-order valence-electron chi connectivity index (χ2n) is 7.48. The number of hydrogen-bond donors (Lipinski definition) is 1. The molecule has 2 aliphatic heterocycles. The number of amides is 1. The summed E-state index contributed by atoms with van der Waals surface area (Å²) in [6, 6.07) is 6.36. The Kier molecular flexibility index (Phi) is 6.62. The molecule has 1 aromatic rings. The van der Waals surface area contributed by atoms with Gasteiger partial charge in [0.1, 0.15) is 5.82 Å². The molecule has 2 aliphatic rings. The van der Waals surface area contributed by atoms with Crippen LogP contribution in [0.5, 0.6) is 0 Å². The van der Waals surface area contributed by atoms with Gasteiger partial charge in [0.2, 0.25) is 5.91 Å². The molecule has 1 amide bonds. The topological polar surface area (TPSA) is 50.8 Å². The molecule has 2 saturated heterocycles. The van der Waals surface area contributed by atoms with E-state index < -0.39 is 0 Å². The van der Waals surface area contributed by atoms with Crippen LogP contribution in [0, 0.1) is 11.7 Å². The maximum atomic E-state index is 13.2. The van der Waals surface area contributed by atoms with E-state index in [4.69, 9.17) is 9.47 Å². The average molecular weight is 364 g/mol. The zero-order valence-corrected chi connectivity index (χ0v) is 15.6. The maximum Gasteiger partial charge on any atom is 0.234 e. The van der Waals surface area contributed by atoms with E-state index >= 15 is 0 Å². The smallest absolute Gasteiger partial charge is 0.234 e. The third kappa shape index (κ3) is 4.81. The van der Waals surface area contributed by atoms with Crippen LogP contribution in [0.25, 0.3) is 0 Å². The number of benzene rings is 1. The molecule has 5 nitrogen and oxygen atoms in total. The van der Waals surface area contributed by atoms with Crippen molar-refractivity contribution in [2.45, 2.75) is 51.5 Å². The first-order valence-electron chi connectivity index (χ1n) is 9.56. The van der Waals surface area contributed by atoms with Gasteiger partial charge >= 0.3 is 0 Å². The van der Waals surface area contributed by atoms with Gasteiger partial charge in [-0.05, 0) is 43.0 Å². The summed E-state index contributed by atoms with van der Waals surface area (Å²) >= 11 is 0. The number of likely N-dealkylation sites (tertiary alicyclic amines) is 1. The minimum absolute atomic E-state index is 0.0158. The van der Waals surface area contributed by atoms with Gasteiger partial charge in [0, 0.05) is 0 Å². The number of hydrogen-bond acceptors (Lipinski definition) is 4. The van der Waals surface area contributed by atoms with Crippen LogP contribution < -0.4 is 5.32 Å². The zero-order valence-electron chi connectivity index (χ0n) is 15.6. The number of nitrogens with zero attached hydrogens (tertiary/aromatic N) is 1. The molecule has 1 N–H and O–H groups in total. The van der Waals surface area contributed by atoms with Crippen molar-refractivity contribution in [3.05, 3.63) is 35.6 Å².